The maximum Gasteiger partial charge on any atom is 0.417 e. The van der Waals surface area contributed by atoms with Gasteiger partial charge in [0.05, 0.1) is 17.2 Å². The summed E-state index contributed by atoms with van der Waals surface area (Å²) >= 11 is 0. The van der Waals surface area contributed by atoms with E-state index < -0.39 is 17.3 Å². The predicted molar refractivity (Wildman–Crippen MR) is 42.6 cm³/mol. The number of nitriles is 1. The molecule has 0 bridgehead atoms. The lowest BCUT2D eigenvalue weighted by molar-refractivity contribution is -0.137. The standard InChI is InChI=1S/C8H3F3N2O2/c9-8(10,11)7-3-6(15-13-14)2-1-5(7)4-12/h1-3H. The molecule has 0 aliphatic carbocycles. The molecule has 0 amide bonds. The first-order chi connectivity index (χ1) is 6.99. The van der Waals surface area contributed by atoms with Crippen LogP contribution >= 0.6 is 0 Å². The number of alkyl halides is 3. The van der Waals surface area contributed by atoms with Gasteiger partial charge >= 0.3 is 6.18 Å². The van der Waals surface area contributed by atoms with Crippen molar-refractivity contribution in [2.75, 3.05) is 0 Å². The van der Waals surface area contributed by atoms with E-state index in [1.165, 1.54) is 6.07 Å². The van der Waals surface area contributed by atoms with Crippen LogP contribution in [0.25, 0.3) is 0 Å². The Morgan fingerprint density at radius 3 is 2.53 bits per heavy atom. The van der Waals surface area contributed by atoms with Crippen LogP contribution < -0.4 is 4.84 Å². The van der Waals surface area contributed by atoms with E-state index >= 15 is 0 Å². The third-order valence-electron chi connectivity index (χ3n) is 1.56. The lowest BCUT2D eigenvalue weighted by atomic mass is 10.1. The third-order valence-corrected chi connectivity index (χ3v) is 1.56. The van der Waals surface area contributed by atoms with Crippen LogP contribution in [-0.2, 0) is 6.18 Å². The summed E-state index contributed by atoms with van der Waals surface area (Å²) in [6.07, 6.45) is -4.67. The van der Waals surface area contributed by atoms with Crippen molar-refractivity contribution < 1.29 is 18.0 Å². The fraction of sp³-hybridized carbons (Fsp3) is 0.125. The Morgan fingerprint density at radius 2 is 2.07 bits per heavy atom. The number of hydrogen-bond donors (Lipinski definition) is 0. The summed E-state index contributed by atoms with van der Waals surface area (Å²) in [5.41, 5.74) is -1.70. The topological polar surface area (TPSA) is 62.4 Å². The van der Waals surface area contributed by atoms with E-state index in [1.807, 2.05) is 5.34 Å². The number of nitrogens with zero attached hydrogens (tertiary/aromatic N) is 2. The largest absolute Gasteiger partial charge is 0.417 e. The van der Waals surface area contributed by atoms with Crippen LogP contribution in [0.4, 0.5) is 13.2 Å². The number of hydrogen-bond acceptors (Lipinski definition) is 4. The molecule has 0 radical (unpaired) electrons. The van der Waals surface area contributed by atoms with Crippen molar-refractivity contribution in [2.24, 2.45) is 5.34 Å². The van der Waals surface area contributed by atoms with Gasteiger partial charge in [-0.3, -0.25) is 0 Å². The Labute approximate surface area is 81.8 Å². The van der Waals surface area contributed by atoms with Crippen LogP contribution in [0.5, 0.6) is 5.75 Å². The summed E-state index contributed by atoms with van der Waals surface area (Å²) < 4.78 is 37.0. The van der Waals surface area contributed by atoms with E-state index in [1.54, 1.807) is 0 Å². The van der Waals surface area contributed by atoms with E-state index in [0.29, 0.717) is 6.07 Å². The molecule has 0 fully saturated rings. The van der Waals surface area contributed by atoms with Crippen LogP contribution in [0.3, 0.4) is 0 Å². The van der Waals surface area contributed by atoms with Gasteiger partial charge in [-0.1, -0.05) is 0 Å². The molecule has 4 nitrogen and oxygen atoms in total. The monoisotopic (exact) mass is 216 g/mol. The molecule has 0 atom stereocenters. The fourth-order valence-corrected chi connectivity index (χ4v) is 0.955. The Kier molecular flexibility index (Phi) is 2.90. The van der Waals surface area contributed by atoms with Gasteiger partial charge < -0.3 is 4.84 Å². The second-order valence-electron chi connectivity index (χ2n) is 2.48. The molecule has 15 heavy (non-hydrogen) atoms. The Balaban J connectivity index is 3.27. The fourth-order valence-electron chi connectivity index (χ4n) is 0.955. The van der Waals surface area contributed by atoms with Crippen molar-refractivity contribution in [3.05, 3.63) is 34.2 Å². The molecule has 0 N–H and O–H groups in total. The number of benzene rings is 1. The zero-order valence-corrected chi connectivity index (χ0v) is 7.08. The van der Waals surface area contributed by atoms with Crippen molar-refractivity contribution in [1.82, 2.24) is 0 Å². The summed E-state index contributed by atoms with van der Waals surface area (Å²) in [4.78, 5) is 13.7. The van der Waals surface area contributed by atoms with Crippen molar-refractivity contribution in [3.63, 3.8) is 0 Å². The highest BCUT2D eigenvalue weighted by Gasteiger charge is 2.34. The minimum Gasteiger partial charge on any atom is -0.324 e. The molecule has 78 valence electrons. The van der Waals surface area contributed by atoms with Gasteiger partial charge in [-0.25, -0.2) is 0 Å². The molecule has 1 rings (SSSR count). The van der Waals surface area contributed by atoms with Gasteiger partial charge in [-0.05, 0) is 18.2 Å². The zero-order chi connectivity index (χ0) is 11.5. The maximum absolute atomic E-state index is 12.3. The number of rotatable bonds is 2. The normalized spacial score (nSPS) is 10.5. The molecule has 0 aromatic heterocycles. The first-order valence-corrected chi connectivity index (χ1v) is 3.60. The molecular weight excluding hydrogens is 213 g/mol. The summed E-state index contributed by atoms with van der Waals surface area (Å²) in [6, 6.07) is 3.89. The molecule has 1 aromatic carbocycles. The molecule has 0 heterocycles. The van der Waals surface area contributed by atoms with Crippen LogP contribution in [0.2, 0.25) is 0 Å². The highest BCUT2D eigenvalue weighted by molar-refractivity contribution is 5.44. The smallest absolute Gasteiger partial charge is 0.324 e. The highest BCUT2D eigenvalue weighted by Crippen LogP contribution is 2.34. The van der Waals surface area contributed by atoms with Crippen molar-refractivity contribution in [2.45, 2.75) is 6.18 Å². The van der Waals surface area contributed by atoms with E-state index in [-0.39, 0.29) is 5.75 Å². The lowest BCUT2D eigenvalue weighted by Crippen LogP contribution is -2.07. The van der Waals surface area contributed by atoms with E-state index in [9.17, 15) is 18.1 Å². The van der Waals surface area contributed by atoms with Gasteiger partial charge in [0.15, 0.2) is 11.1 Å². The first-order valence-electron chi connectivity index (χ1n) is 3.60. The summed E-state index contributed by atoms with van der Waals surface area (Å²) in [6.45, 7) is 0. The maximum atomic E-state index is 12.3. The molecule has 7 heteroatoms. The highest BCUT2D eigenvalue weighted by atomic mass is 19.4. The third kappa shape index (κ3) is 2.43. The SMILES string of the molecule is N#Cc1ccc(ON=O)cc1C(F)(F)F. The van der Waals surface area contributed by atoms with Gasteiger partial charge in [0, 0.05) is 0 Å². The summed E-state index contributed by atoms with van der Waals surface area (Å²) in [7, 11) is 0. The molecular formula is C8H3F3N2O2. The molecule has 0 aliphatic heterocycles. The van der Waals surface area contributed by atoms with Crippen LogP contribution in [-0.4, -0.2) is 0 Å². The van der Waals surface area contributed by atoms with Crippen LogP contribution in [0, 0.1) is 16.2 Å². The summed E-state index contributed by atoms with van der Waals surface area (Å²) in [5.74, 6) is -0.365. The second kappa shape index (κ2) is 3.96. The molecule has 0 saturated carbocycles. The zero-order valence-electron chi connectivity index (χ0n) is 7.08. The van der Waals surface area contributed by atoms with Gasteiger partial charge in [0.1, 0.15) is 0 Å². The van der Waals surface area contributed by atoms with E-state index in [0.717, 1.165) is 12.1 Å². The van der Waals surface area contributed by atoms with Crippen LogP contribution in [0.15, 0.2) is 23.5 Å². The first kappa shape index (κ1) is 11.0. The minimum absolute atomic E-state index is 0.365. The van der Waals surface area contributed by atoms with Gasteiger partial charge in [0.25, 0.3) is 0 Å². The van der Waals surface area contributed by atoms with Gasteiger partial charge in [-0.2, -0.15) is 18.4 Å². The van der Waals surface area contributed by atoms with Crippen molar-refractivity contribution >= 4 is 0 Å². The van der Waals surface area contributed by atoms with Gasteiger partial charge in [-0.15, -0.1) is 4.91 Å². The molecule has 0 aliphatic rings. The van der Waals surface area contributed by atoms with E-state index in [4.69, 9.17) is 5.26 Å². The predicted octanol–water partition coefficient (Wildman–Crippen LogP) is 2.64. The average molecular weight is 216 g/mol. The number of halogens is 3. The molecule has 0 unspecified atom stereocenters. The summed E-state index contributed by atoms with van der Waals surface area (Å²) in [5, 5.41) is 10.4. The van der Waals surface area contributed by atoms with Crippen molar-refractivity contribution in [3.8, 4) is 11.8 Å². The molecule has 0 spiro atoms. The lowest BCUT2D eigenvalue weighted by Gasteiger charge is -2.08. The molecule has 1 aromatic rings. The van der Waals surface area contributed by atoms with Crippen LogP contribution in [0.1, 0.15) is 11.1 Å². The molecule has 0 saturated heterocycles. The Bertz CT molecular complexity index is 423. The van der Waals surface area contributed by atoms with E-state index in [2.05, 4.69) is 4.84 Å². The quantitative estimate of drug-likeness (QED) is 0.563. The average Bonchev–Trinajstić information content (AvgIpc) is 2.17. The van der Waals surface area contributed by atoms with Crippen molar-refractivity contribution in [1.29, 1.82) is 5.26 Å². The van der Waals surface area contributed by atoms with Gasteiger partial charge in [0.2, 0.25) is 0 Å². The Morgan fingerprint density at radius 1 is 1.40 bits per heavy atom. The second-order valence-corrected chi connectivity index (χ2v) is 2.48. The Hall–Kier alpha value is -2.10. The minimum atomic E-state index is -4.67.